The van der Waals surface area contributed by atoms with E-state index in [1.54, 1.807) is 11.7 Å². The number of ether oxygens (including phenoxy) is 1. The van der Waals surface area contributed by atoms with Gasteiger partial charge in [-0.2, -0.15) is 4.98 Å². The summed E-state index contributed by atoms with van der Waals surface area (Å²) in [5.74, 6) is 3.31. The minimum atomic E-state index is -0.103. The van der Waals surface area contributed by atoms with Gasteiger partial charge in [0.25, 0.3) is 0 Å². The third-order valence-corrected chi connectivity index (χ3v) is 7.32. The van der Waals surface area contributed by atoms with Gasteiger partial charge in [-0.3, -0.25) is 4.57 Å². The molecule has 3 aliphatic rings. The summed E-state index contributed by atoms with van der Waals surface area (Å²) in [6.45, 7) is 2.79. The molecular weight excluding hydrogens is 414 g/mol. The minimum Gasteiger partial charge on any atom is -0.497 e. The third-order valence-electron chi connectivity index (χ3n) is 7.32. The van der Waals surface area contributed by atoms with Crippen molar-refractivity contribution in [3.8, 4) is 11.4 Å². The molecule has 3 aliphatic carbocycles. The minimum absolute atomic E-state index is 0.103. The molecule has 0 aliphatic heterocycles. The van der Waals surface area contributed by atoms with E-state index in [0.717, 1.165) is 24.0 Å². The van der Waals surface area contributed by atoms with Crippen LogP contribution in [0.25, 0.3) is 16.9 Å². The van der Waals surface area contributed by atoms with Crippen LogP contribution in [0.3, 0.4) is 0 Å². The van der Waals surface area contributed by atoms with Gasteiger partial charge in [0.1, 0.15) is 11.3 Å². The number of rotatable bonds is 6. The summed E-state index contributed by atoms with van der Waals surface area (Å²) in [6, 6.07) is 8.03. The first-order chi connectivity index (χ1) is 16.0. The molecule has 1 aromatic carbocycles. The molecule has 0 saturated heterocycles. The van der Waals surface area contributed by atoms with Crippen molar-refractivity contribution in [3.63, 3.8) is 0 Å². The Morgan fingerprint density at radius 2 is 2.09 bits per heavy atom. The Hall–Kier alpha value is -3.35. The van der Waals surface area contributed by atoms with Crippen molar-refractivity contribution in [2.24, 2.45) is 17.8 Å². The summed E-state index contributed by atoms with van der Waals surface area (Å²) in [4.78, 5) is 25.5. The lowest BCUT2D eigenvalue weighted by Gasteiger charge is -2.16. The second-order valence-electron chi connectivity index (χ2n) is 9.70. The Balaban J connectivity index is 1.49. The van der Waals surface area contributed by atoms with Gasteiger partial charge in [0, 0.05) is 25.7 Å². The molecule has 3 aromatic rings. The highest BCUT2D eigenvalue weighted by molar-refractivity contribution is 5.75. The molecule has 0 bridgehead atoms. The number of aromatic nitrogens is 4. The number of allylic oxidation sites excluding steroid dienone is 4. The zero-order valence-electron chi connectivity index (χ0n) is 19.3. The zero-order chi connectivity index (χ0) is 22.7. The van der Waals surface area contributed by atoms with Gasteiger partial charge in [-0.25, -0.2) is 14.3 Å². The van der Waals surface area contributed by atoms with Gasteiger partial charge >= 0.3 is 5.69 Å². The van der Waals surface area contributed by atoms with Crippen molar-refractivity contribution in [1.29, 1.82) is 0 Å². The molecule has 2 heterocycles. The van der Waals surface area contributed by atoms with Crippen LogP contribution in [0.1, 0.15) is 26.2 Å². The number of nitrogens with zero attached hydrogens (tertiary/aromatic N) is 5. The molecule has 4 atom stereocenters. The van der Waals surface area contributed by atoms with Gasteiger partial charge in [-0.1, -0.05) is 36.8 Å². The molecule has 2 saturated carbocycles. The molecule has 0 spiro atoms. The first-order valence-electron chi connectivity index (χ1n) is 11.7. The third kappa shape index (κ3) is 3.56. The van der Waals surface area contributed by atoms with Crippen LogP contribution in [0.5, 0.6) is 5.75 Å². The number of imidazole rings is 1. The second-order valence-corrected chi connectivity index (χ2v) is 9.70. The Kier molecular flexibility index (Phi) is 4.67. The van der Waals surface area contributed by atoms with E-state index in [1.165, 1.54) is 12.0 Å². The highest BCUT2D eigenvalue weighted by Gasteiger charge is 2.38. The van der Waals surface area contributed by atoms with Crippen LogP contribution in [0, 0.1) is 17.8 Å². The van der Waals surface area contributed by atoms with Gasteiger partial charge in [0.2, 0.25) is 5.95 Å². The number of anilines is 1. The first-order valence-corrected chi connectivity index (χ1v) is 11.7. The quantitative estimate of drug-likeness (QED) is 0.540. The van der Waals surface area contributed by atoms with Gasteiger partial charge in [0.05, 0.1) is 19.0 Å². The van der Waals surface area contributed by atoms with Crippen molar-refractivity contribution >= 4 is 17.1 Å². The zero-order valence-corrected chi connectivity index (χ0v) is 19.3. The number of hydrogen-bond donors (Lipinski definition) is 0. The van der Waals surface area contributed by atoms with E-state index in [1.807, 2.05) is 42.1 Å². The van der Waals surface area contributed by atoms with Crippen molar-refractivity contribution in [1.82, 2.24) is 19.1 Å². The molecule has 4 unspecified atom stereocenters. The Labute approximate surface area is 193 Å². The second kappa shape index (κ2) is 7.61. The smallest absolute Gasteiger partial charge is 0.335 e. The summed E-state index contributed by atoms with van der Waals surface area (Å²) in [5.41, 5.74) is 3.30. The number of hydrogen-bond acceptors (Lipinski definition) is 5. The van der Waals surface area contributed by atoms with E-state index < -0.39 is 0 Å². The van der Waals surface area contributed by atoms with Crippen molar-refractivity contribution < 1.29 is 4.74 Å². The fraction of sp³-hybridized carbons (Fsp3) is 0.423. The Morgan fingerprint density at radius 1 is 1.24 bits per heavy atom. The van der Waals surface area contributed by atoms with E-state index in [9.17, 15) is 4.79 Å². The fourth-order valence-electron chi connectivity index (χ4n) is 5.06. The summed E-state index contributed by atoms with van der Waals surface area (Å²) in [6.07, 6.45) is 12.0. The molecule has 2 aromatic heterocycles. The summed E-state index contributed by atoms with van der Waals surface area (Å²) in [7, 11) is 3.67. The lowest BCUT2D eigenvalue weighted by atomic mass is 10.1. The molecule has 0 N–H and O–H groups in total. The highest BCUT2D eigenvalue weighted by atomic mass is 16.5. The topological polar surface area (TPSA) is 65.2 Å². The van der Waals surface area contributed by atoms with Crippen molar-refractivity contribution in [2.75, 3.05) is 19.1 Å². The van der Waals surface area contributed by atoms with Crippen molar-refractivity contribution in [3.05, 3.63) is 64.7 Å². The molecule has 170 valence electrons. The first kappa shape index (κ1) is 20.3. The van der Waals surface area contributed by atoms with Crippen LogP contribution in [0.15, 0.2) is 59.1 Å². The van der Waals surface area contributed by atoms with Crippen LogP contribution >= 0.6 is 0 Å². The van der Waals surface area contributed by atoms with E-state index in [2.05, 4.69) is 35.0 Å². The fourth-order valence-corrected chi connectivity index (χ4v) is 5.06. The highest BCUT2D eigenvalue weighted by Crippen LogP contribution is 2.43. The van der Waals surface area contributed by atoms with Gasteiger partial charge in [0.15, 0.2) is 5.65 Å². The average molecular weight is 444 g/mol. The molecule has 0 amide bonds. The van der Waals surface area contributed by atoms with Crippen LogP contribution < -0.4 is 15.3 Å². The largest absolute Gasteiger partial charge is 0.497 e. The summed E-state index contributed by atoms with van der Waals surface area (Å²) in [5, 5.41) is 0. The van der Waals surface area contributed by atoms with Gasteiger partial charge in [-0.15, -0.1) is 0 Å². The van der Waals surface area contributed by atoms with Gasteiger partial charge in [-0.05, 0) is 49.1 Å². The number of fused-ring (bicyclic) bond motifs is 2. The molecule has 0 radical (unpaired) electrons. The normalized spacial score (nSPS) is 25.4. The summed E-state index contributed by atoms with van der Waals surface area (Å²) >= 11 is 0. The van der Waals surface area contributed by atoms with E-state index in [0.29, 0.717) is 47.7 Å². The van der Waals surface area contributed by atoms with Crippen LogP contribution in [-0.4, -0.2) is 39.3 Å². The number of methoxy groups -OCH3 is 1. The van der Waals surface area contributed by atoms with Crippen LogP contribution in [-0.2, 0) is 6.54 Å². The van der Waals surface area contributed by atoms with E-state index in [-0.39, 0.29) is 5.69 Å². The number of benzene rings is 1. The van der Waals surface area contributed by atoms with E-state index >= 15 is 0 Å². The molecular formula is C26H29N5O2. The van der Waals surface area contributed by atoms with Crippen LogP contribution in [0.2, 0.25) is 0 Å². The Bertz CT molecular complexity index is 1350. The maximum Gasteiger partial charge on any atom is 0.335 e. The van der Waals surface area contributed by atoms with Crippen molar-refractivity contribution in [2.45, 2.75) is 38.8 Å². The van der Waals surface area contributed by atoms with E-state index in [4.69, 9.17) is 9.72 Å². The standard InChI is InChI=1S/C26H29N5O2/c1-16-10-22(16)29(2)25-27-14-23-24(28-25)31(20-8-5-9-21(13-20)33-3)26(32)30(23)15-17-6-4-7-18-12-19(18)11-17/h4-5,7-9,11,13-14,16,18-19,22H,6,10,12,15H2,1-3H3. The lowest BCUT2D eigenvalue weighted by molar-refractivity contribution is 0.414. The average Bonchev–Trinajstić information content (AvgIpc) is 3.72. The maximum atomic E-state index is 13.8. The molecule has 2 fully saturated rings. The monoisotopic (exact) mass is 443 g/mol. The maximum absolute atomic E-state index is 13.8. The molecule has 6 rings (SSSR count). The molecule has 33 heavy (non-hydrogen) atoms. The predicted octanol–water partition coefficient (Wildman–Crippen LogP) is 3.96. The van der Waals surface area contributed by atoms with Crippen LogP contribution in [0.4, 0.5) is 5.95 Å². The Morgan fingerprint density at radius 3 is 2.88 bits per heavy atom. The molecule has 7 heteroatoms. The predicted molar refractivity (Wildman–Crippen MR) is 129 cm³/mol. The lowest BCUT2D eigenvalue weighted by Crippen LogP contribution is -2.24. The van der Waals surface area contributed by atoms with Gasteiger partial charge < -0.3 is 9.64 Å². The summed E-state index contributed by atoms with van der Waals surface area (Å²) < 4.78 is 8.94. The SMILES string of the molecule is COc1cccc(-n2c(=O)n(CC3=CC4CC4C=CC3)c3cnc(N(C)C4CC4C)nc32)c1. The molecule has 7 nitrogen and oxygen atoms in total.